The zero-order chi connectivity index (χ0) is 17.7. The van der Waals surface area contributed by atoms with Gasteiger partial charge < -0.3 is 14.2 Å². The third kappa shape index (κ3) is 4.98. The number of methoxy groups -OCH3 is 1. The normalized spacial score (nSPS) is 13.1. The van der Waals surface area contributed by atoms with Crippen molar-refractivity contribution in [1.82, 2.24) is 0 Å². The van der Waals surface area contributed by atoms with Crippen LogP contribution in [0.15, 0.2) is 33.6 Å². The number of halogens is 4. The Balaban J connectivity index is 3.28. The van der Waals surface area contributed by atoms with E-state index in [9.17, 15) is 26.0 Å². The van der Waals surface area contributed by atoms with Gasteiger partial charge in [0.15, 0.2) is 0 Å². The van der Waals surface area contributed by atoms with Crippen molar-refractivity contribution < 1.29 is 40.2 Å². The number of hydrogen-bond acceptors (Lipinski definition) is 5. The molecule has 0 aliphatic rings. The van der Waals surface area contributed by atoms with E-state index in [-0.39, 0.29) is 6.61 Å². The molecule has 1 aromatic carbocycles. The molecule has 0 N–H and O–H groups in total. The standard InChI is InChI=1S/C12H13F4NO5S/c1-3-21-11(20-2)17-23(18,19)9-7-5-4-6-8(9)22-12(15,16)10(13)14/h4-7,10H,3H2,1-2H3. The van der Waals surface area contributed by atoms with E-state index in [0.717, 1.165) is 25.3 Å². The molecule has 0 aromatic heterocycles. The lowest BCUT2D eigenvalue weighted by Crippen LogP contribution is -2.33. The van der Waals surface area contributed by atoms with Gasteiger partial charge in [-0.3, -0.25) is 0 Å². The number of benzene rings is 1. The van der Waals surface area contributed by atoms with Crippen molar-refractivity contribution in [3.63, 3.8) is 0 Å². The van der Waals surface area contributed by atoms with Gasteiger partial charge in [0, 0.05) is 0 Å². The minimum absolute atomic E-state index is 0.0315. The highest BCUT2D eigenvalue weighted by Gasteiger charge is 2.45. The molecule has 130 valence electrons. The van der Waals surface area contributed by atoms with E-state index in [4.69, 9.17) is 4.74 Å². The molecular formula is C12H13F4NO5S. The predicted molar refractivity (Wildman–Crippen MR) is 71.3 cm³/mol. The maximum absolute atomic E-state index is 13.0. The largest absolute Gasteiger partial charge is 0.461 e. The monoisotopic (exact) mass is 359 g/mol. The molecule has 0 radical (unpaired) electrons. The van der Waals surface area contributed by atoms with Gasteiger partial charge in [0.2, 0.25) is 0 Å². The van der Waals surface area contributed by atoms with Crippen molar-refractivity contribution in [2.24, 2.45) is 4.40 Å². The Morgan fingerprint density at radius 1 is 1.30 bits per heavy atom. The Morgan fingerprint density at radius 3 is 2.43 bits per heavy atom. The summed E-state index contributed by atoms with van der Waals surface area (Å²) in [5.74, 6) is -0.978. The van der Waals surface area contributed by atoms with Crippen LogP contribution in [0.4, 0.5) is 17.6 Å². The van der Waals surface area contributed by atoms with E-state index in [1.165, 1.54) is 13.0 Å². The van der Waals surface area contributed by atoms with Crippen molar-refractivity contribution in [2.75, 3.05) is 13.7 Å². The van der Waals surface area contributed by atoms with Crippen LogP contribution in [0.2, 0.25) is 0 Å². The summed E-state index contributed by atoms with van der Waals surface area (Å²) in [7, 11) is -3.51. The molecule has 0 saturated heterocycles. The van der Waals surface area contributed by atoms with E-state index < -0.39 is 39.3 Å². The van der Waals surface area contributed by atoms with E-state index in [1.807, 2.05) is 0 Å². The molecule has 6 nitrogen and oxygen atoms in total. The lowest BCUT2D eigenvalue weighted by atomic mass is 10.3. The maximum Gasteiger partial charge on any atom is 0.461 e. The van der Waals surface area contributed by atoms with Crippen LogP contribution in [0.3, 0.4) is 0 Å². The highest BCUT2D eigenvalue weighted by Crippen LogP contribution is 2.32. The zero-order valence-corrected chi connectivity index (χ0v) is 12.8. The van der Waals surface area contributed by atoms with E-state index in [0.29, 0.717) is 0 Å². The Bertz CT molecular complexity index is 663. The molecule has 0 amide bonds. The number of alkyl halides is 4. The number of sulfonamides is 1. The number of ether oxygens (including phenoxy) is 3. The lowest BCUT2D eigenvalue weighted by molar-refractivity contribution is -0.254. The summed E-state index contributed by atoms with van der Waals surface area (Å²) in [4.78, 5) is -0.838. The Morgan fingerprint density at radius 2 is 1.91 bits per heavy atom. The van der Waals surface area contributed by atoms with Gasteiger partial charge in [0.25, 0.3) is 10.0 Å². The summed E-state index contributed by atoms with van der Waals surface area (Å²) >= 11 is 0. The highest BCUT2D eigenvalue weighted by atomic mass is 32.2. The van der Waals surface area contributed by atoms with Crippen LogP contribution in [0, 0.1) is 0 Å². The minimum atomic E-state index is -4.86. The summed E-state index contributed by atoms with van der Waals surface area (Å²) in [6, 6.07) is 3.99. The predicted octanol–water partition coefficient (Wildman–Crippen LogP) is 2.65. The molecule has 0 spiro atoms. The van der Waals surface area contributed by atoms with Gasteiger partial charge in [-0.05, 0) is 19.1 Å². The van der Waals surface area contributed by atoms with E-state index >= 15 is 0 Å². The molecule has 0 aliphatic carbocycles. The van der Waals surface area contributed by atoms with Crippen LogP contribution >= 0.6 is 0 Å². The zero-order valence-electron chi connectivity index (χ0n) is 12.0. The van der Waals surface area contributed by atoms with Crippen molar-refractivity contribution in [2.45, 2.75) is 24.4 Å². The Labute approximate surface area is 129 Å². The molecule has 0 saturated carbocycles. The molecular weight excluding hydrogens is 346 g/mol. The third-order valence-corrected chi connectivity index (χ3v) is 3.55. The first-order chi connectivity index (χ1) is 10.6. The van der Waals surface area contributed by atoms with Crippen molar-refractivity contribution in [3.8, 4) is 5.75 Å². The molecule has 11 heteroatoms. The maximum atomic E-state index is 13.0. The van der Waals surface area contributed by atoms with Crippen LogP contribution in [-0.4, -0.2) is 40.8 Å². The van der Waals surface area contributed by atoms with E-state index in [1.54, 1.807) is 0 Å². The topological polar surface area (TPSA) is 74.2 Å². The molecule has 1 rings (SSSR count). The van der Waals surface area contributed by atoms with Gasteiger partial charge in [0.05, 0.1) is 13.7 Å². The average Bonchev–Trinajstić information content (AvgIpc) is 2.46. The molecule has 0 fully saturated rings. The van der Waals surface area contributed by atoms with Crippen LogP contribution in [0.5, 0.6) is 5.75 Å². The Hall–Kier alpha value is -2.04. The van der Waals surface area contributed by atoms with Crippen molar-refractivity contribution >= 4 is 16.1 Å². The summed E-state index contributed by atoms with van der Waals surface area (Å²) in [5.41, 5.74) is 0. The minimum Gasteiger partial charge on any atom is -0.453 e. The number of rotatable bonds is 6. The summed E-state index contributed by atoms with van der Waals surface area (Å²) in [6.07, 6.45) is -9.64. The molecule has 23 heavy (non-hydrogen) atoms. The highest BCUT2D eigenvalue weighted by molar-refractivity contribution is 7.90. The molecule has 0 atom stereocenters. The van der Waals surface area contributed by atoms with Crippen LogP contribution in [-0.2, 0) is 19.5 Å². The molecule has 1 aromatic rings. The van der Waals surface area contributed by atoms with E-state index in [2.05, 4.69) is 13.9 Å². The third-order valence-electron chi connectivity index (χ3n) is 2.26. The van der Waals surface area contributed by atoms with Gasteiger partial charge in [0.1, 0.15) is 10.6 Å². The van der Waals surface area contributed by atoms with Crippen molar-refractivity contribution in [1.29, 1.82) is 0 Å². The second kappa shape index (κ2) is 7.49. The molecule has 0 aliphatic heterocycles. The number of para-hydroxylation sites is 1. The average molecular weight is 359 g/mol. The fourth-order valence-corrected chi connectivity index (χ4v) is 2.37. The van der Waals surface area contributed by atoms with Gasteiger partial charge >= 0.3 is 18.6 Å². The first kappa shape index (κ1) is 19.0. The Kier molecular flexibility index (Phi) is 6.19. The quantitative estimate of drug-likeness (QED) is 0.443. The number of hydrogen-bond donors (Lipinski definition) is 0. The van der Waals surface area contributed by atoms with Gasteiger partial charge in [-0.2, -0.15) is 26.0 Å². The summed E-state index contributed by atoms with van der Waals surface area (Å²) < 4.78 is 90.9. The summed E-state index contributed by atoms with van der Waals surface area (Å²) in [5, 5.41) is 0. The molecule has 0 bridgehead atoms. The lowest BCUT2D eigenvalue weighted by Gasteiger charge is -2.18. The van der Waals surface area contributed by atoms with Gasteiger partial charge in [-0.25, -0.2) is 0 Å². The van der Waals surface area contributed by atoms with Gasteiger partial charge in [-0.1, -0.05) is 16.5 Å². The summed E-state index contributed by atoms with van der Waals surface area (Å²) in [6.45, 7) is 1.56. The van der Waals surface area contributed by atoms with Crippen LogP contribution < -0.4 is 4.74 Å². The fourth-order valence-electron chi connectivity index (χ4n) is 1.33. The first-order valence-corrected chi connectivity index (χ1v) is 7.53. The SMILES string of the molecule is CCOC(=NS(=O)(=O)c1ccccc1OC(F)(F)C(F)F)OC. The second-order valence-electron chi connectivity index (χ2n) is 3.88. The fraction of sp³-hybridized carbons (Fsp3) is 0.417. The first-order valence-electron chi connectivity index (χ1n) is 6.09. The van der Waals surface area contributed by atoms with Crippen LogP contribution in [0.25, 0.3) is 0 Å². The molecule has 0 unspecified atom stereocenters. The smallest absolute Gasteiger partial charge is 0.453 e. The van der Waals surface area contributed by atoms with Gasteiger partial charge in [-0.15, -0.1) is 0 Å². The van der Waals surface area contributed by atoms with Crippen molar-refractivity contribution in [3.05, 3.63) is 24.3 Å². The second-order valence-corrected chi connectivity index (χ2v) is 5.45. The number of nitrogens with zero attached hydrogens (tertiary/aromatic N) is 1. The van der Waals surface area contributed by atoms with Crippen LogP contribution in [0.1, 0.15) is 6.92 Å². The molecule has 0 heterocycles.